The first kappa shape index (κ1) is 12.7. The van der Waals surface area contributed by atoms with Crippen LogP contribution in [0.3, 0.4) is 0 Å². The molecule has 5 heteroatoms. The van der Waals surface area contributed by atoms with E-state index in [1.54, 1.807) is 18.5 Å². The summed E-state index contributed by atoms with van der Waals surface area (Å²) in [6, 6.07) is 6.69. The molecule has 0 aliphatic carbocycles. The zero-order valence-corrected chi connectivity index (χ0v) is 10.6. The second-order valence-electron chi connectivity index (χ2n) is 4.15. The first-order valence-electron chi connectivity index (χ1n) is 6.06. The standard InChI is InChI=1S/C13H17FN4/c1-3-18-13(16-9-17-18)8-15-10(2)11-5-4-6-12(14)7-11/h4-7,9-10,15H,3,8H2,1-2H3/t10-/m1/s1. The SMILES string of the molecule is CCn1ncnc1CN[C@H](C)c1cccc(F)c1. The largest absolute Gasteiger partial charge is 0.303 e. The van der Waals surface area contributed by atoms with E-state index < -0.39 is 0 Å². The fraction of sp³-hybridized carbons (Fsp3) is 0.385. The molecule has 2 rings (SSSR count). The van der Waals surface area contributed by atoms with Gasteiger partial charge in [0.1, 0.15) is 18.0 Å². The highest BCUT2D eigenvalue weighted by Crippen LogP contribution is 2.13. The summed E-state index contributed by atoms with van der Waals surface area (Å²) in [5.41, 5.74) is 0.928. The third kappa shape index (κ3) is 2.92. The Kier molecular flexibility index (Phi) is 4.04. The third-order valence-corrected chi connectivity index (χ3v) is 2.91. The quantitative estimate of drug-likeness (QED) is 0.882. The predicted molar refractivity (Wildman–Crippen MR) is 67.4 cm³/mol. The van der Waals surface area contributed by atoms with Crippen LogP contribution in [0.4, 0.5) is 4.39 Å². The molecule has 0 radical (unpaired) electrons. The van der Waals surface area contributed by atoms with Crippen LogP contribution in [-0.2, 0) is 13.1 Å². The Hall–Kier alpha value is -1.75. The number of hydrogen-bond acceptors (Lipinski definition) is 3. The van der Waals surface area contributed by atoms with Gasteiger partial charge in [-0.25, -0.2) is 14.1 Å². The number of nitrogens with zero attached hydrogens (tertiary/aromatic N) is 3. The van der Waals surface area contributed by atoms with Crippen LogP contribution in [0.1, 0.15) is 31.3 Å². The van der Waals surface area contributed by atoms with E-state index in [4.69, 9.17) is 0 Å². The van der Waals surface area contributed by atoms with Gasteiger partial charge in [0.25, 0.3) is 0 Å². The van der Waals surface area contributed by atoms with E-state index in [9.17, 15) is 4.39 Å². The van der Waals surface area contributed by atoms with Crippen molar-refractivity contribution in [3.63, 3.8) is 0 Å². The van der Waals surface area contributed by atoms with Crippen LogP contribution in [0.25, 0.3) is 0 Å². The van der Waals surface area contributed by atoms with Crippen molar-refractivity contribution >= 4 is 0 Å². The van der Waals surface area contributed by atoms with Gasteiger partial charge in [-0.05, 0) is 31.5 Å². The molecule has 0 fully saturated rings. The molecule has 18 heavy (non-hydrogen) atoms. The molecule has 0 aliphatic rings. The van der Waals surface area contributed by atoms with E-state index >= 15 is 0 Å². The second kappa shape index (κ2) is 5.73. The molecule has 96 valence electrons. The monoisotopic (exact) mass is 248 g/mol. The maximum Gasteiger partial charge on any atom is 0.140 e. The van der Waals surface area contributed by atoms with E-state index in [-0.39, 0.29) is 11.9 Å². The van der Waals surface area contributed by atoms with Crippen LogP contribution in [0.5, 0.6) is 0 Å². The van der Waals surface area contributed by atoms with Gasteiger partial charge in [0.15, 0.2) is 0 Å². The third-order valence-electron chi connectivity index (χ3n) is 2.91. The maximum absolute atomic E-state index is 13.1. The molecule has 4 nitrogen and oxygen atoms in total. The molecule has 1 N–H and O–H groups in total. The molecular weight excluding hydrogens is 231 g/mol. The predicted octanol–water partition coefficient (Wildman–Crippen LogP) is 2.29. The lowest BCUT2D eigenvalue weighted by Crippen LogP contribution is -2.21. The van der Waals surface area contributed by atoms with Crippen molar-refractivity contribution in [1.29, 1.82) is 0 Å². The fourth-order valence-corrected chi connectivity index (χ4v) is 1.83. The normalized spacial score (nSPS) is 12.6. The fourth-order valence-electron chi connectivity index (χ4n) is 1.83. The lowest BCUT2D eigenvalue weighted by atomic mass is 10.1. The Morgan fingerprint density at radius 1 is 1.44 bits per heavy atom. The highest BCUT2D eigenvalue weighted by atomic mass is 19.1. The van der Waals surface area contributed by atoms with Crippen molar-refractivity contribution in [2.24, 2.45) is 0 Å². The lowest BCUT2D eigenvalue weighted by molar-refractivity contribution is 0.520. The van der Waals surface area contributed by atoms with E-state index in [1.807, 2.05) is 24.6 Å². The minimum absolute atomic E-state index is 0.0720. The molecule has 2 aromatic rings. The van der Waals surface area contributed by atoms with Crippen molar-refractivity contribution in [2.45, 2.75) is 33.0 Å². The summed E-state index contributed by atoms with van der Waals surface area (Å²) >= 11 is 0. The van der Waals surface area contributed by atoms with E-state index in [0.29, 0.717) is 6.54 Å². The maximum atomic E-state index is 13.1. The van der Waals surface area contributed by atoms with Crippen LogP contribution < -0.4 is 5.32 Å². The molecule has 0 aliphatic heterocycles. The number of hydrogen-bond donors (Lipinski definition) is 1. The Morgan fingerprint density at radius 3 is 3.00 bits per heavy atom. The van der Waals surface area contributed by atoms with Gasteiger partial charge in [-0.15, -0.1) is 0 Å². The highest BCUT2D eigenvalue weighted by molar-refractivity contribution is 5.19. The Labute approximate surface area is 106 Å². The van der Waals surface area contributed by atoms with Crippen molar-refractivity contribution in [3.05, 3.63) is 47.8 Å². The molecule has 1 aromatic heterocycles. The molecular formula is C13H17FN4. The van der Waals surface area contributed by atoms with Gasteiger partial charge in [-0.1, -0.05) is 12.1 Å². The van der Waals surface area contributed by atoms with E-state index in [2.05, 4.69) is 15.4 Å². The minimum Gasteiger partial charge on any atom is -0.303 e. The summed E-state index contributed by atoms with van der Waals surface area (Å²) in [5, 5.41) is 7.42. The summed E-state index contributed by atoms with van der Waals surface area (Å²) < 4.78 is 14.9. The Morgan fingerprint density at radius 2 is 2.28 bits per heavy atom. The smallest absolute Gasteiger partial charge is 0.140 e. The van der Waals surface area contributed by atoms with Gasteiger partial charge in [-0.2, -0.15) is 5.10 Å². The van der Waals surface area contributed by atoms with Crippen molar-refractivity contribution in [2.75, 3.05) is 0 Å². The van der Waals surface area contributed by atoms with Gasteiger partial charge in [0.05, 0.1) is 6.54 Å². The number of aromatic nitrogens is 3. The number of aryl methyl sites for hydroxylation is 1. The summed E-state index contributed by atoms with van der Waals surface area (Å²) in [6.45, 7) is 5.44. The van der Waals surface area contributed by atoms with Gasteiger partial charge < -0.3 is 5.32 Å². The van der Waals surface area contributed by atoms with Crippen molar-refractivity contribution in [3.8, 4) is 0 Å². The van der Waals surface area contributed by atoms with Crippen LogP contribution in [0.15, 0.2) is 30.6 Å². The number of benzene rings is 1. The summed E-state index contributed by atoms with van der Waals surface area (Å²) in [5.74, 6) is 0.679. The summed E-state index contributed by atoms with van der Waals surface area (Å²) in [4.78, 5) is 4.19. The van der Waals surface area contributed by atoms with E-state index in [0.717, 1.165) is 17.9 Å². The first-order chi connectivity index (χ1) is 8.70. The average Bonchev–Trinajstić information content (AvgIpc) is 2.83. The van der Waals surface area contributed by atoms with E-state index in [1.165, 1.54) is 6.07 Å². The first-order valence-corrected chi connectivity index (χ1v) is 6.06. The molecule has 0 spiro atoms. The molecule has 0 unspecified atom stereocenters. The second-order valence-corrected chi connectivity index (χ2v) is 4.15. The van der Waals surface area contributed by atoms with Crippen LogP contribution in [-0.4, -0.2) is 14.8 Å². The number of rotatable bonds is 5. The van der Waals surface area contributed by atoms with Gasteiger partial charge >= 0.3 is 0 Å². The molecule has 1 atom stereocenters. The number of nitrogens with one attached hydrogen (secondary N) is 1. The molecule has 0 bridgehead atoms. The average molecular weight is 248 g/mol. The lowest BCUT2D eigenvalue weighted by Gasteiger charge is -2.14. The molecule has 1 heterocycles. The molecule has 0 saturated heterocycles. The van der Waals surface area contributed by atoms with Gasteiger partial charge in [-0.3, -0.25) is 0 Å². The van der Waals surface area contributed by atoms with Crippen molar-refractivity contribution in [1.82, 2.24) is 20.1 Å². The van der Waals surface area contributed by atoms with Gasteiger partial charge in [0.2, 0.25) is 0 Å². The highest BCUT2D eigenvalue weighted by Gasteiger charge is 2.08. The molecule has 1 aromatic carbocycles. The summed E-state index contributed by atoms with van der Waals surface area (Å²) in [7, 11) is 0. The van der Waals surface area contributed by atoms with Crippen molar-refractivity contribution < 1.29 is 4.39 Å². The zero-order chi connectivity index (χ0) is 13.0. The zero-order valence-electron chi connectivity index (χ0n) is 10.6. The van der Waals surface area contributed by atoms with Crippen LogP contribution >= 0.6 is 0 Å². The van der Waals surface area contributed by atoms with Crippen LogP contribution in [0.2, 0.25) is 0 Å². The van der Waals surface area contributed by atoms with Gasteiger partial charge in [0, 0.05) is 12.6 Å². The molecule has 0 saturated carbocycles. The number of halogens is 1. The van der Waals surface area contributed by atoms with Crippen LogP contribution in [0, 0.1) is 5.82 Å². The molecule has 0 amide bonds. The Balaban J connectivity index is 1.98. The minimum atomic E-state index is -0.210. The topological polar surface area (TPSA) is 42.7 Å². The Bertz CT molecular complexity index is 509. The summed E-state index contributed by atoms with van der Waals surface area (Å²) in [6.07, 6.45) is 1.55.